The van der Waals surface area contributed by atoms with Gasteiger partial charge in [-0.1, -0.05) is 187 Å². The molecule has 0 aliphatic heterocycles. The van der Waals surface area contributed by atoms with Crippen molar-refractivity contribution in [2.75, 3.05) is 6.61 Å². The second-order valence-electron chi connectivity index (χ2n) is 15.5. The van der Waals surface area contributed by atoms with E-state index in [4.69, 9.17) is 4.74 Å². The number of nitrogens with one attached hydrogen (secondary N) is 1. The van der Waals surface area contributed by atoms with Crippen LogP contribution in [0.3, 0.4) is 0 Å². The number of aliphatic hydroxyl groups excluding tert-OH is 2. The van der Waals surface area contributed by atoms with Crippen LogP contribution in [0.25, 0.3) is 0 Å². The highest BCUT2D eigenvalue weighted by molar-refractivity contribution is 5.77. The number of rotatable bonds is 40. The minimum absolute atomic E-state index is 0.0770. The lowest BCUT2D eigenvalue weighted by atomic mass is 10.0. The lowest BCUT2D eigenvalue weighted by molar-refractivity contribution is -0.151. The normalized spacial score (nSPS) is 13.4. The fraction of sp³-hybridized carbons (Fsp3) is 0.911. The molecule has 0 radical (unpaired) electrons. The lowest BCUT2D eigenvalue weighted by Crippen LogP contribution is -2.46. The van der Waals surface area contributed by atoms with E-state index in [2.05, 4.69) is 38.2 Å². The first-order valence-electron chi connectivity index (χ1n) is 22.4. The van der Waals surface area contributed by atoms with Crippen molar-refractivity contribution in [3.05, 3.63) is 12.2 Å². The number of carbonyl (C=O) groups excluding carboxylic acids is 2. The standard InChI is InChI=1S/C45H87NO5/c1-4-7-10-13-16-19-21-22-23-26-29-32-35-38-45(50)51-41(36-33-30-27-24-18-15-12-9-6-3)39-44(49)46-42(40-47)43(48)37-34-31-28-25-20-17-14-11-8-5-2/h22-23,41-43,47-48H,4-21,24-40H2,1-3H3,(H,46,49)/b23-22-. The van der Waals surface area contributed by atoms with Gasteiger partial charge in [0.2, 0.25) is 5.91 Å². The van der Waals surface area contributed by atoms with E-state index in [1.54, 1.807) is 0 Å². The molecule has 0 fully saturated rings. The molecule has 51 heavy (non-hydrogen) atoms. The van der Waals surface area contributed by atoms with Gasteiger partial charge in [-0.3, -0.25) is 9.59 Å². The summed E-state index contributed by atoms with van der Waals surface area (Å²) in [5, 5.41) is 23.5. The molecule has 1 amide bonds. The van der Waals surface area contributed by atoms with E-state index >= 15 is 0 Å². The molecule has 6 nitrogen and oxygen atoms in total. The average Bonchev–Trinajstić information content (AvgIpc) is 3.12. The van der Waals surface area contributed by atoms with Gasteiger partial charge < -0.3 is 20.3 Å². The fourth-order valence-electron chi connectivity index (χ4n) is 6.89. The molecule has 0 bridgehead atoms. The lowest BCUT2D eigenvalue weighted by Gasteiger charge is -2.24. The maximum Gasteiger partial charge on any atom is 0.306 e. The number of amides is 1. The highest BCUT2D eigenvalue weighted by Gasteiger charge is 2.24. The predicted molar refractivity (Wildman–Crippen MR) is 218 cm³/mol. The second kappa shape index (κ2) is 39.8. The van der Waals surface area contributed by atoms with Crippen molar-refractivity contribution in [2.24, 2.45) is 0 Å². The van der Waals surface area contributed by atoms with Gasteiger partial charge in [0.05, 0.1) is 25.2 Å². The Bertz CT molecular complexity index is 772. The van der Waals surface area contributed by atoms with E-state index in [0.29, 0.717) is 19.3 Å². The highest BCUT2D eigenvalue weighted by atomic mass is 16.5. The second-order valence-corrected chi connectivity index (χ2v) is 15.5. The summed E-state index contributed by atoms with van der Waals surface area (Å²) in [5.74, 6) is -0.486. The minimum atomic E-state index is -0.781. The highest BCUT2D eigenvalue weighted by Crippen LogP contribution is 2.17. The monoisotopic (exact) mass is 722 g/mol. The van der Waals surface area contributed by atoms with Gasteiger partial charge in [0.1, 0.15) is 6.10 Å². The summed E-state index contributed by atoms with van der Waals surface area (Å²) in [6, 6.07) is -0.694. The zero-order chi connectivity index (χ0) is 37.5. The maximum absolute atomic E-state index is 13.1. The third kappa shape index (κ3) is 35.4. The molecule has 0 aromatic carbocycles. The Morgan fingerprint density at radius 2 is 0.941 bits per heavy atom. The number of carbonyl (C=O) groups is 2. The number of aliphatic hydroxyl groups is 2. The molecule has 0 saturated carbocycles. The summed E-state index contributed by atoms with van der Waals surface area (Å²) in [5.41, 5.74) is 0. The maximum atomic E-state index is 13.1. The molecule has 302 valence electrons. The van der Waals surface area contributed by atoms with Crippen LogP contribution < -0.4 is 5.32 Å². The van der Waals surface area contributed by atoms with E-state index in [-0.39, 0.29) is 24.9 Å². The average molecular weight is 722 g/mol. The molecule has 0 heterocycles. The van der Waals surface area contributed by atoms with Crippen LogP contribution in [-0.4, -0.2) is 46.9 Å². The van der Waals surface area contributed by atoms with Gasteiger partial charge in [-0.05, 0) is 51.4 Å². The van der Waals surface area contributed by atoms with Gasteiger partial charge in [-0.2, -0.15) is 0 Å². The summed E-state index contributed by atoms with van der Waals surface area (Å²) < 4.78 is 5.88. The van der Waals surface area contributed by atoms with Crippen molar-refractivity contribution in [3.8, 4) is 0 Å². The van der Waals surface area contributed by atoms with E-state index in [9.17, 15) is 19.8 Å². The fourth-order valence-corrected chi connectivity index (χ4v) is 6.89. The quantitative estimate of drug-likeness (QED) is 0.0332. The molecule has 0 saturated heterocycles. The van der Waals surface area contributed by atoms with Crippen molar-refractivity contribution in [1.29, 1.82) is 0 Å². The number of esters is 1. The third-order valence-corrected chi connectivity index (χ3v) is 10.3. The number of ether oxygens (including phenoxy) is 1. The summed E-state index contributed by atoms with van der Waals surface area (Å²) in [7, 11) is 0. The Morgan fingerprint density at radius 1 is 0.549 bits per heavy atom. The first-order chi connectivity index (χ1) is 25.0. The number of unbranched alkanes of at least 4 members (excludes halogenated alkanes) is 26. The van der Waals surface area contributed by atoms with Gasteiger partial charge in [-0.25, -0.2) is 0 Å². The van der Waals surface area contributed by atoms with Crippen molar-refractivity contribution in [3.63, 3.8) is 0 Å². The van der Waals surface area contributed by atoms with Crippen molar-refractivity contribution in [2.45, 2.75) is 257 Å². The zero-order valence-corrected chi connectivity index (χ0v) is 34.3. The van der Waals surface area contributed by atoms with Crippen molar-refractivity contribution < 1.29 is 24.5 Å². The SMILES string of the molecule is CCCCCCCC/C=C\CCCCCC(=O)OC(CCCCCCCCCCC)CC(=O)NC(CO)C(O)CCCCCCCCCCCC. The Labute approximate surface area is 317 Å². The Hall–Kier alpha value is -1.40. The Balaban J connectivity index is 4.54. The van der Waals surface area contributed by atoms with Crippen molar-refractivity contribution >= 4 is 11.9 Å². The largest absolute Gasteiger partial charge is 0.462 e. The summed E-state index contributed by atoms with van der Waals surface area (Å²) in [4.78, 5) is 25.9. The van der Waals surface area contributed by atoms with Crippen LogP contribution in [0.1, 0.15) is 239 Å². The number of hydrogen-bond donors (Lipinski definition) is 3. The van der Waals surface area contributed by atoms with Crippen LogP contribution >= 0.6 is 0 Å². The van der Waals surface area contributed by atoms with Gasteiger partial charge in [-0.15, -0.1) is 0 Å². The molecule has 3 atom stereocenters. The van der Waals surface area contributed by atoms with E-state index in [1.807, 2.05) is 0 Å². The molecule has 0 aromatic rings. The van der Waals surface area contributed by atoms with Gasteiger partial charge >= 0.3 is 5.97 Å². The van der Waals surface area contributed by atoms with Crippen LogP contribution in [0.4, 0.5) is 0 Å². The Morgan fingerprint density at radius 3 is 1.39 bits per heavy atom. The molecule has 6 heteroatoms. The molecular formula is C45H87NO5. The minimum Gasteiger partial charge on any atom is -0.462 e. The van der Waals surface area contributed by atoms with Gasteiger partial charge in [0.25, 0.3) is 0 Å². The predicted octanol–water partition coefficient (Wildman–Crippen LogP) is 12.6. The molecular weight excluding hydrogens is 634 g/mol. The van der Waals surface area contributed by atoms with Gasteiger partial charge in [0, 0.05) is 6.42 Å². The van der Waals surface area contributed by atoms with E-state index in [0.717, 1.165) is 51.4 Å². The molecule has 0 rings (SSSR count). The first-order valence-corrected chi connectivity index (χ1v) is 22.4. The first kappa shape index (κ1) is 49.6. The number of allylic oxidation sites excluding steroid dienone is 2. The molecule has 0 spiro atoms. The smallest absolute Gasteiger partial charge is 0.306 e. The summed E-state index contributed by atoms with van der Waals surface area (Å²) in [6.45, 7) is 6.44. The number of hydrogen-bond acceptors (Lipinski definition) is 5. The third-order valence-electron chi connectivity index (χ3n) is 10.3. The van der Waals surface area contributed by atoms with E-state index < -0.39 is 18.2 Å². The zero-order valence-electron chi connectivity index (χ0n) is 34.3. The topological polar surface area (TPSA) is 95.9 Å². The molecule has 0 aliphatic carbocycles. The molecule has 0 aliphatic rings. The van der Waals surface area contributed by atoms with Crippen LogP contribution in [-0.2, 0) is 14.3 Å². The van der Waals surface area contributed by atoms with Crippen LogP contribution in [0, 0.1) is 0 Å². The molecule has 3 N–H and O–H groups in total. The van der Waals surface area contributed by atoms with Crippen LogP contribution in [0.5, 0.6) is 0 Å². The van der Waals surface area contributed by atoms with Crippen molar-refractivity contribution in [1.82, 2.24) is 5.32 Å². The van der Waals surface area contributed by atoms with Gasteiger partial charge in [0.15, 0.2) is 0 Å². The molecule has 3 unspecified atom stereocenters. The molecule has 0 aromatic heterocycles. The Kier molecular flexibility index (Phi) is 38.7. The van der Waals surface area contributed by atoms with E-state index in [1.165, 1.54) is 141 Å². The summed E-state index contributed by atoms with van der Waals surface area (Å²) in [6.07, 6.45) is 41.3. The van der Waals surface area contributed by atoms with Crippen LogP contribution in [0.2, 0.25) is 0 Å². The van der Waals surface area contributed by atoms with Crippen LogP contribution in [0.15, 0.2) is 12.2 Å². The summed E-state index contributed by atoms with van der Waals surface area (Å²) >= 11 is 0.